The van der Waals surface area contributed by atoms with Crippen molar-refractivity contribution in [2.75, 3.05) is 0 Å². The van der Waals surface area contributed by atoms with Gasteiger partial charge in [-0.2, -0.15) is 4.98 Å². The molecular formula is C13H16N2O2S. The molecule has 0 saturated heterocycles. The standard InChI is InChI=1S/C13H16N2O2S/c1-13(2,3)12-14-11(17-15-12)8-18-10-6-4-5-9(16)7-10/h4-7,16H,8H2,1-3H3. The Morgan fingerprint density at radius 3 is 2.72 bits per heavy atom. The SMILES string of the molecule is CC(C)(C)c1noc(CSc2cccc(O)c2)n1. The van der Waals surface area contributed by atoms with E-state index in [9.17, 15) is 5.11 Å². The van der Waals surface area contributed by atoms with Gasteiger partial charge in [0.05, 0.1) is 5.75 Å². The fourth-order valence-corrected chi connectivity index (χ4v) is 2.12. The maximum Gasteiger partial charge on any atom is 0.237 e. The topological polar surface area (TPSA) is 59.2 Å². The van der Waals surface area contributed by atoms with Gasteiger partial charge in [-0.25, -0.2) is 0 Å². The summed E-state index contributed by atoms with van der Waals surface area (Å²) in [4.78, 5) is 5.34. The minimum atomic E-state index is -0.0998. The lowest BCUT2D eigenvalue weighted by Gasteiger charge is -2.10. The van der Waals surface area contributed by atoms with Crippen LogP contribution in [0.3, 0.4) is 0 Å². The van der Waals surface area contributed by atoms with Crippen LogP contribution in [0.25, 0.3) is 0 Å². The van der Waals surface area contributed by atoms with Crippen LogP contribution in [0.4, 0.5) is 0 Å². The van der Waals surface area contributed by atoms with Crippen molar-refractivity contribution >= 4 is 11.8 Å². The zero-order valence-corrected chi connectivity index (χ0v) is 11.5. The first-order chi connectivity index (χ1) is 8.45. The van der Waals surface area contributed by atoms with Crippen LogP contribution in [-0.4, -0.2) is 15.2 Å². The van der Waals surface area contributed by atoms with Crippen LogP contribution in [0.5, 0.6) is 5.75 Å². The molecule has 0 aliphatic heterocycles. The van der Waals surface area contributed by atoms with E-state index in [4.69, 9.17) is 4.52 Å². The predicted molar refractivity (Wildman–Crippen MR) is 70.7 cm³/mol. The quantitative estimate of drug-likeness (QED) is 0.861. The Labute approximate surface area is 110 Å². The Balaban J connectivity index is 2.01. The number of rotatable bonds is 3. The summed E-state index contributed by atoms with van der Waals surface area (Å²) in [6.07, 6.45) is 0. The monoisotopic (exact) mass is 264 g/mol. The van der Waals surface area contributed by atoms with E-state index >= 15 is 0 Å². The van der Waals surface area contributed by atoms with Crippen molar-refractivity contribution in [1.29, 1.82) is 0 Å². The summed E-state index contributed by atoms with van der Waals surface area (Å²) in [5, 5.41) is 13.3. The number of phenols is 1. The van der Waals surface area contributed by atoms with E-state index in [-0.39, 0.29) is 11.2 Å². The third-order valence-electron chi connectivity index (χ3n) is 2.32. The lowest BCUT2D eigenvalue weighted by molar-refractivity contribution is 0.373. The van der Waals surface area contributed by atoms with Crippen LogP contribution < -0.4 is 0 Å². The molecule has 0 aliphatic rings. The summed E-state index contributed by atoms with van der Waals surface area (Å²) in [7, 11) is 0. The molecule has 96 valence electrons. The second-order valence-corrected chi connectivity index (χ2v) is 6.10. The van der Waals surface area contributed by atoms with Gasteiger partial charge >= 0.3 is 0 Å². The first-order valence-electron chi connectivity index (χ1n) is 5.70. The number of thioether (sulfide) groups is 1. The Bertz CT molecular complexity index is 532. The van der Waals surface area contributed by atoms with E-state index in [1.165, 1.54) is 0 Å². The molecule has 0 saturated carbocycles. The van der Waals surface area contributed by atoms with Crippen LogP contribution >= 0.6 is 11.8 Å². The first-order valence-corrected chi connectivity index (χ1v) is 6.68. The molecular weight excluding hydrogens is 248 g/mol. The van der Waals surface area contributed by atoms with E-state index in [2.05, 4.69) is 10.1 Å². The van der Waals surface area contributed by atoms with Crippen molar-refractivity contribution in [2.45, 2.75) is 36.8 Å². The van der Waals surface area contributed by atoms with Crippen LogP contribution in [0.1, 0.15) is 32.5 Å². The van der Waals surface area contributed by atoms with Gasteiger partial charge in [-0.3, -0.25) is 0 Å². The predicted octanol–water partition coefficient (Wildman–Crippen LogP) is 3.37. The van der Waals surface area contributed by atoms with Crippen molar-refractivity contribution in [2.24, 2.45) is 0 Å². The number of aromatic hydroxyl groups is 1. The second-order valence-electron chi connectivity index (χ2n) is 5.05. The zero-order valence-electron chi connectivity index (χ0n) is 10.7. The Kier molecular flexibility index (Phi) is 3.61. The van der Waals surface area contributed by atoms with E-state index in [1.807, 2.05) is 32.9 Å². The van der Waals surface area contributed by atoms with E-state index in [0.717, 1.165) is 4.90 Å². The largest absolute Gasteiger partial charge is 0.508 e. The van der Waals surface area contributed by atoms with Gasteiger partial charge in [0.15, 0.2) is 5.82 Å². The summed E-state index contributed by atoms with van der Waals surface area (Å²) in [6.45, 7) is 6.14. The highest BCUT2D eigenvalue weighted by Gasteiger charge is 2.20. The zero-order chi connectivity index (χ0) is 13.2. The minimum absolute atomic E-state index is 0.0998. The molecule has 0 spiro atoms. The van der Waals surface area contributed by atoms with Crippen LogP contribution in [0.15, 0.2) is 33.7 Å². The maximum atomic E-state index is 9.36. The molecule has 4 nitrogen and oxygen atoms in total. The van der Waals surface area contributed by atoms with Crippen molar-refractivity contribution in [3.63, 3.8) is 0 Å². The third-order valence-corrected chi connectivity index (χ3v) is 3.30. The smallest absolute Gasteiger partial charge is 0.237 e. The van der Waals surface area contributed by atoms with Gasteiger partial charge < -0.3 is 9.63 Å². The maximum absolute atomic E-state index is 9.36. The normalized spacial score (nSPS) is 11.7. The molecule has 5 heteroatoms. The summed E-state index contributed by atoms with van der Waals surface area (Å²) in [5.74, 6) is 2.19. The van der Waals surface area contributed by atoms with Crippen LogP contribution in [-0.2, 0) is 11.2 Å². The number of nitrogens with zero attached hydrogens (tertiary/aromatic N) is 2. The number of hydrogen-bond acceptors (Lipinski definition) is 5. The second kappa shape index (κ2) is 5.02. The third kappa shape index (κ3) is 3.26. The Morgan fingerprint density at radius 1 is 1.33 bits per heavy atom. The molecule has 1 aromatic carbocycles. The van der Waals surface area contributed by atoms with Gasteiger partial charge in [0.2, 0.25) is 5.89 Å². The summed E-state index contributed by atoms with van der Waals surface area (Å²) in [5.41, 5.74) is -0.0998. The molecule has 0 fully saturated rings. The molecule has 2 aromatic rings. The molecule has 0 unspecified atom stereocenters. The molecule has 1 heterocycles. The van der Waals surface area contributed by atoms with Crippen molar-refractivity contribution in [1.82, 2.24) is 10.1 Å². The average molecular weight is 264 g/mol. The highest BCUT2D eigenvalue weighted by molar-refractivity contribution is 7.98. The van der Waals surface area contributed by atoms with E-state index in [1.54, 1.807) is 23.9 Å². The number of aromatic nitrogens is 2. The molecule has 0 atom stereocenters. The summed E-state index contributed by atoms with van der Waals surface area (Å²) >= 11 is 1.56. The van der Waals surface area contributed by atoms with Crippen LogP contribution in [0, 0.1) is 0 Å². The number of benzene rings is 1. The van der Waals surface area contributed by atoms with Crippen molar-refractivity contribution in [3.8, 4) is 5.75 Å². The Morgan fingerprint density at radius 2 is 2.11 bits per heavy atom. The molecule has 0 aliphatic carbocycles. The highest BCUT2D eigenvalue weighted by atomic mass is 32.2. The molecule has 0 bridgehead atoms. The fraction of sp³-hybridized carbons (Fsp3) is 0.385. The lowest BCUT2D eigenvalue weighted by Crippen LogP contribution is -2.13. The van der Waals surface area contributed by atoms with E-state index in [0.29, 0.717) is 17.5 Å². The van der Waals surface area contributed by atoms with Gasteiger partial charge in [0.1, 0.15) is 5.75 Å². The lowest BCUT2D eigenvalue weighted by atomic mass is 9.96. The average Bonchev–Trinajstić information content (AvgIpc) is 2.74. The molecule has 2 rings (SSSR count). The summed E-state index contributed by atoms with van der Waals surface area (Å²) in [6, 6.07) is 7.11. The number of phenolic OH excluding ortho intramolecular Hbond substituents is 1. The first kappa shape index (κ1) is 13.0. The fourth-order valence-electron chi connectivity index (χ4n) is 1.34. The highest BCUT2D eigenvalue weighted by Crippen LogP contribution is 2.26. The van der Waals surface area contributed by atoms with Gasteiger partial charge in [0, 0.05) is 10.3 Å². The summed E-state index contributed by atoms with van der Waals surface area (Å²) < 4.78 is 5.20. The molecule has 1 aromatic heterocycles. The van der Waals surface area contributed by atoms with Gasteiger partial charge in [-0.05, 0) is 18.2 Å². The van der Waals surface area contributed by atoms with Crippen LogP contribution in [0.2, 0.25) is 0 Å². The van der Waals surface area contributed by atoms with Gasteiger partial charge in [-0.15, -0.1) is 11.8 Å². The van der Waals surface area contributed by atoms with Crippen molar-refractivity contribution < 1.29 is 9.63 Å². The molecule has 18 heavy (non-hydrogen) atoms. The molecule has 0 radical (unpaired) electrons. The molecule has 0 amide bonds. The Hall–Kier alpha value is -1.49. The molecule has 1 N–H and O–H groups in total. The number of hydrogen-bond donors (Lipinski definition) is 1. The van der Waals surface area contributed by atoms with Gasteiger partial charge in [0.25, 0.3) is 0 Å². The van der Waals surface area contributed by atoms with Crippen molar-refractivity contribution in [3.05, 3.63) is 36.0 Å². The van der Waals surface area contributed by atoms with Gasteiger partial charge in [-0.1, -0.05) is 32.0 Å². The van der Waals surface area contributed by atoms with E-state index < -0.39 is 0 Å². The minimum Gasteiger partial charge on any atom is -0.508 e.